The van der Waals surface area contributed by atoms with Crippen LogP contribution in [0.4, 0.5) is 4.39 Å². The summed E-state index contributed by atoms with van der Waals surface area (Å²) in [5.41, 5.74) is 2.10. The van der Waals surface area contributed by atoms with E-state index in [1.807, 2.05) is 0 Å². The highest BCUT2D eigenvalue weighted by atomic mass is 35.5. The van der Waals surface area contributed by atoms with E-state index in [2.05, 4.69) is 11.9 Å². The topological polar surface area (TPSA) is 12.0 Å². The Balaban J connectivity index is 0.00000112. The second-order valence-corrected chi connectivity index (χ2v) is 3.68. The molecular weight excluding hydrogens is 213 g/mol. The Labute approximate surface area is 95.8 Å². The maximum atomic E-state index is 12.7. The molecule has 0 spiro atoms. The Hall–Kier alpha value is -0.860. The fourth-order valence-corrected chi connectivity index (χ4v) is 1.85. The molecule has 1 aliphatic rings. The molecule has 0 aromatic heterocycles. The zero-order chi connectivity index (χ0) is 9.97. The molecule has 1 saturated heterocycles. The molecule has 0 bridgehead atoms. The molecule has 1 N–H and O–H groups in total. The van der Waals surface area contributed by atoms with Crippen LogP contribution in [0.2, 0.25) is 0 Å². The maximum absolute atomic E-state index is 12.7. The van der Waals surface area contributed by atoms with Gasteiger partial charge in [0.2, 0.25) is 0 Å². The first-order valence-electron chi connectivity index (χ1n) is 4.95. The van der Waals surface area contributed by atoms with Crippen LogP contribution < -0.4 is 5.32 Å². The number of hydrogen-bond donors (Lipinski definition) is 1. The highest BCUT2D eigenvalue weighted by Gasteiger charge is 2.17. The lowest BCUT2D eigenvalue weighted by Crippen LogP contribution is -2.22. The van der Waals surface area contributed by atoms with Crippen molar-refractivity contribution >= 4 is 18.0 Å². The van der Waals surface area contributed by atoms with Crippen molar-refractivity contribution in [3.05, 3.63) is 42.2 Å². The van der Waals surface area contributed by atoms with Crippen LogP contribution in [-0.4, -0.2) is 12.6 Å². The Morgan fingerprint density at radius 3 is 2.53 bits per heavy atom. The van der Waals surface area contributed by atoms with Crippen molar-refractivity contribution in [3.8, 4) is 0 Å². The number of hydrogen-bond acceptors (Lipinski definition) is 1. The van der Waals surface area contributed by atoms with Crippen LogP contribution in [0.5, 0.6) is 0 Å². The molecule has 15 heavy (non-hydrogen) atoms. The lowest BCUT2D eigenvalue weighted by Gasteiger charge is -2.13. The first kappa shape index (κ1) is 12.2. The fourth-order valence-electron chi connectivity index (χ4n) is 1.85. The fraction of sp³-hybridized carbons (Fsp3) is 0.333. The molecule has 1 atom stereocenters. The summed E-state index contributed by atoms with van der Waals surface area (Å²) in [6.45, 7) is 5.11. The number of benzene rings is 1. The molecule has 3 heteroatoms. The molecule has 1 nitrogen and oxygen atoms in total. The largest absolute Gasteiger partial charge is 0.310 e. The summed E-state index contributed by atoms with van der Waals surface area (Å²) < 4.78 is 12.7. The minimum Gasteiger partial charge on any atom is -0.310 e. The highest BCUT2D eigenvalue weighted by Crippen LogP contribution is 2.22. The molecule has 1 unspecified atom stereocenters. The number of halogens is 2. The van der Waals surface area contributed by atoms with Crippen LogP contribution in [0.25, 0.3) is 5.57 Å². The molecule has 0 aliphatic carbocycles. The minimum absolute atomic E-state index is 0. The van der Waals surface area contributed by atoms with Crippen molar-refractivity contribution in [1.29, 1.82) is 0 Å². The third kappa shape index (κ3) is 2.80. The second-order valence-electron chi connectivity index (χ2n) is 3.68. The molecule has 82 valence electrons. The Kier molecular flexibility index (Phi) is 4.30. The first-order valence-corrected chi connectivity index (χ1v) is 4.95. The van der Waals surface area contributed by atoms with E-state index < -0.39 is 0 Å². The smallest absolute Gasteiger partial charge is 0.123 e. The van der Waals surface area contributed by atoms with E-state index >= 15 is 0 Å². The lowest BCUT2D eigenvalue weighted by atomic mass is 9.99. The molecule has 1 aromatic carbocycles. The van der Waals surface area contributed by atoms with E-state index in [1.54, 1.807) is 12.1 Å². The van der Waals surface area contributed by atoms with Crippen LogP contribution >= 0.6 is 12.4 Å². The number of nitrogens with one attached hydrogen (secondary N) is 1. The molecule has 1 heterocycles. The summed E-state index contributed by atoms with van der Waals surface area (Å²) in [4.78, 5) is 0. The van der Waals surface area contributed by atoms with Gasteiger partial charge >= 0.3 is 0 Å². The Morgan fingerprint density at radius 2 is 2.00 bits per heavy atom. The van der Waals surface area contributed by atoms with E-state index in [-0.39, 0.29) is 18.2 Å². The van der Waals surface area contributed by atoms with Gasteiger partial charge in [0.05, 0.1) is 0 Å². The van der Waals surface area contributed by atoms with Crippen molar-refractivity contribution in [3.63, 3.8) is 0 Å². The van der Waals surface area contributed by atoms with Gasteiger partial charge in [0, 0.05) is 6.04 Å². The van der Waals surface area contributed by atoms with Crippen molar-refractivity contribution in [1.82, 2.24) is 5.32 Å². The van der Waals surface area contributed by atoms with Crippen molar-refractivity contribution in [2.75, 3.05) is 6.54 Å². The predicted molar refractivity (Wildman–Crippen MR) is 63.7 cm³/mol. The lowest BCUT2D eigenvalue weighted by molar-refractivity contribution is 0.627. The predicted octanol–water partition coefficient (Wildman–Crippen LogP) is 3.01. The third-order valence-electron chi connectivity index (χ3n) is 2.70. The molecule has 0 radical (unpaired) electrons. The highest BCUT2D eigenvalue weighted by molar-refractivity contribution is 5.85. The molecule has 2 rings (SSSR count). The zero-order valence-corrected chi connectivity index (χ0v) is 9.32. The summed E-state index contributed by atoms with van der Waals surface area (Å²) in [6, 6.07) is 6.92. The SMILES string of the molecule is C=C(c1ccc(F)cc1)C1CCCN1.Cl. The summed E-state index contributed by atoms with van der Waals surface area (Å²) in [5, 5.41) is 3.38. The van der Waals surface area contributed by atoms with Gasteiger partial charge in [-0.1, -0.05) is 18.7 Å². The van der Waals surface area contributed by atoms with E-state index in [0.717, 1.165) is 24.1 Å². The van der Waals surface area contributed by atoms with Crippen LogP contribution in [0, 0.1) is 5.82 Å². The van der Waals surface area contributed by atoms with Crippen molar-refractivity contribution in [2.45, 2.75) is 18.9 Å². The number of rotatable bonds is 2. The second kappa shape index (κ2) is 5.29. The van der Waals surface area contributed by atoms with E-state index in [4.69, 9.17) is 0 Å². The summed E-state index contributed by atoms with van der Waals surface area (Å²) in [6.07, 6.45) is 2.33. The monoisotopic (exact) mass is 227 g/mol. The standard InChI is InChI=1S/C12H14FN.ClH/c1-9(12-3-2-8-14-12)10-4-6-11(13)7-5-10;/h4-7,12,14H,1-3,8H2;1H. The van der Waals surface area contributed by atoms with Gasteiger partial charge < -0.3 is 5.32 Å². The van der Waals surface area contributed by atoms with Crippen LogP contribution in [-0.2, 0) is 0 Å². The van der Waals surface area contributed by atoms with Gasteiger partial charge in [-0.3, -0.25) is 0 Å². The van der Waals surface area contributed by atoms with Crippen LogP contribution in [0.15, 0.2) is 30.8 Å². The van der Waals surface area contributed by atoms with Crippen molar-refractivity contribution < 1.29 is 4.39 Å². The van der Waals surface area contributed by atoms with Crippen LogP contribution in [0.3, 0.4) is 0 Å². The average molecular weight is 228 g/mol. The first-order chi connectivity index (χ1) is 6.77. The van der Waals surface area contributed by atoms with E-state index in [0.29, 0.717) is 6.04 Å². The normalized spacial score (nSPS) is 19.7. The van der Waals surface area contributed by atoms with Gasteiger partial charge in [-0.2, -0.15) is 0 Å². The third-order valence-corrected chi connectivity index (χ3v) is 2.70. The maximum Gasteiger partial charge on any atom is 0.123 e. The summed E-state index contributed by atoms with van der Waals surface area (Å²) in [7, 11) is 0. The zero-order valence-electron chi connectivity index (χ0n) is 8.50. The van der Waals surface area contributed by atoms with Gasteiger partial charge in [0.25, 0.3) is 0 Å². The van der Waals surface area contributed by atoms with Gasteiger partial charge in [0.15, 0.2) is 0 Å². The quantitative estimate of drug-likeness (QED) is 0.819. The molecule has 0 amide bonds. The van der Waals surface area contributed by atoms with Crippen molar-refractivity contribution in [2.24, 2.45) is 0 Å². The van der Waals surface area contributed by atoms with Gasteiger partial charge in [-0.25, -0.2) is 4.39 Å². The molecule has 1 fully saturated rings. The summed E-state index contributed by atoms with van der Waals surface area (Å²) in [5.74, 6) is -0.194. The molecular formula is C12H15ClFN. The molecule has 1 aliphatic heterocycles. The van der Waals surface area contributed by atoms with E-state index in [9.17, 15) is 4.39 Å². The Morgan fingerprint density at radius 1 is 1.33 bits per heavy atom. The summed E-state index contributed by atoms with van der Waals surface area (Å²) >= 11 is 0. The van der Waals surface area contributed by atoms with Gasteiger partial charge in [-0.15, -0.1) is 12.4 Å². The van der Waals surface area contributed by atoms with E-state index in [1.165, 1.54) is 18.6 Å². The van der Waals surface area contributed by atoms with Gasteiger partial charge in [-0.05, 0) is 42.7 Å². The average Bonchev–Trinajstić information content (AvgIpc) is 2.71. The Bertz CT molecular complexity index is 328. The molecule has 1 aromatic rings. The molecule has 0 saturated carbocycles. The van der Waals surface area contributed by atoms with Gasteiger partial charge in [0.1, 0.15) is 5.82 Å². The minimum atomic E-state index is -0.194. The van der Waals surface area contributed by atoms with Crippen LogP contribution in [0.1, 0.15) is 18.4 Å².